The van der Waals surface area contributed by atoms with Crippen molar-refractivity contribution >= 4 is 50.9 Å². The van der Waals surface area contributed by atoms with Gasteiger partial charge in [0.1, 0.15) is 5.75 Å². The molecule has 1 aliphatic heterocycles. The molecule has 3 aromatic carbocycles. The zero-order valence-corrected chi connectivity index (χ0v) is 21.7. The highest BCUT2D eigenvalue weighted by molar-refractivity contribution is 9.10. The van der Waals surface area contributed by atoms with Gasteiger partial charge in [-0.05, 0) is 48.0 Å². The van der Waals surface area contributed by atoms with Crippen LogP contribution in [0.3, 0.4) is 0 Å². The van der Waals surface area contributed by atoms with E-state index in [0.717, 1.165) is 10.0 Å². The average molecular weight is 578 g/mol. The van der Waals surface area contributed by atoms with E-state index in [4.69, 9.17) is 48.5 Å². The highest BCUT2D eigenvalue weighted by atomic mass is 79.9. The molecule has 0 aliphatic carbocycles. The number of nitrogens with zero attached hydrogens (tertiary/aromatic N) is 1. The van der Waals surface area contributed by atoms with Crippen molar-refractivity contribution in [1.29, 1.82) is 0 Å². The molecular weight excluding hydrogens is 555 g/mol. The molecule has 6 nitrogen and oxygen atoms in total. The number of carbonyl (C=O) groups excluding carboxylic acids is 1. The summed E-state index contributed by atoms with van der Waals surface area (Å²) in [4.78, 5) is 17.9. The van der Waals surface area contributed by atoms with Crippen LogP contribution in [-0.4, -0.2) is 35.7 Å². The number of hydrogen-bond acceptors (Lipinski definition) is 5. The number of hydrogen-bond donors (Lipinski definition) is 2. The van der Waals surface area contributed by atoms with E-state index in [0.29, 0.717) is 39.9 Å². The van der Waals surface area contributed by atoms with Crippen LogP contribution in [0.15, 0.2) is 76.2 Å². The molecule has 1 heterocycles. The van der Waals surface area contributed by atoms with Gasteiger partial charge < -0.3 is 20.3 Å². The van der Waals surface area contributed by atoms with Crippen LogP contribution in [0.25, 0.3) is 0 Å². The molecule has 3 aromatic rings. The minimum Gasteiger partial charge on any atom is -0.494 e. The average Bonchev–Trinajstić information content (AvgIpc) is 3.22. The zero-order chi connectivity index (χ0) is 25.0. The molecule has 2 atom stereocenters. The maximum absolute atomic E-state index is 13.1. The number of benzene rings is 3. The second-order valence-corrected chi connectivity index (χ2v) is 9.79. The van der Waals surface area contributed by atoms with Crippen LogP contribution in [0.1, 0.15) is 29.2 Å². The number of halogens is 3. The third kappa shape index (κ3) is 5.48. The first-order valence-corrected chi connectivity index (χ1v) is 12.5. The van der Waals surface area contributed by atoms with Crippen LogP contribution in [0.4, 0.5) is 0 Å². The third-order valence-electron chi connectivity index (χ3n) is 5.73. The van der Waals surface area contributed by atoms with Crippen molar-refractivity contribution in [3.8, 4) is 5.75 Å². The van der Waals surface area contributed by atoms with Crippen LogP contribution in [-0.2, 0) is 16.0 Å². The largest absolute Gasteiger partial charge is 0.494 e. The Hall–Kier alpha value is -2.58. The number of aliphatic hydroxyl groups excluding tert-OH is 1. The van der Waals surface area contributed by atoms with Gasteiger partial charge in [-0.1, -0.05) is 63.4 Å². The van der Waals surface area contributed by atoms with Gasteiger partial charge in [-0.3, -0.25) is 4.79 Å². The Labute approximate surface area is 221 Å². The van der Waals surface area contributed by atoms with Crippen molar-refractivity contribution in [3.63, 3.8) is 0 Å². The van der Waals surface area contributed by atoms with Gasteiger partial charge in [-0.15, -0.1) is 0 Å². The number of rotatable bonds is 9. The normalized spacial score (nSPS) is 19.2. The number of ether oxygens (including phenoxy) is 2. The lowest BCUT2D eigenvalue weighted by molar-refractivity contribution is -0.125. The first-order valence-electron chi connectivity index (χ1n) is 10.9. The van der Waals surface area contributed by atoms with Gasteiger partial charge in [-0.25, -0.2) is 4.99 Å². The molecule has 182 valence electrons. The maximum Gasteiger partial charge on any atom is 0.250 e. The summed E-state index contributed by atoms with van der Waals surface area (Å²) in [5.41, 5.74) is 6.64. The van der Waals surface area contributed by atoms with Crippen molar-refractivity contribution in [2.75, 3.05) is 13.2 Å². The Bertz CT molecular complexity index is 1250. The predicted molar refractivity (Wildman–Crippen MR) is 140 cm³/mol. The van der Waals surface area contributed by atoms with Crippen LogP contribution in [0.2, 0.25) is 10.0 Å². The Kier molecular flexibility index (Phi) is 8.02. The number of carbonyl (C=O) groups is 1. The molecule has 4 rings (SSSR count). The molecule has 1 amide bonds. The van der Waals surface area contributed by atoms with Crippen molar-refractivity contribution in [1.82, 2.24) is 0 Å². The molecule has 3 N–H and O–H groups in total. The maximum atomic E-state index is 13.1. The van der Waals surface area contributed by atoms with Gasteiger partial charge >= 0.3 is 0 Å². The fraction of sp³-hybridized carbons (Fsp3) is 0.231. The minimum absolute atomic E-state index is 0.0596. The van der Waals surface area contributed by atoms with Gasteiger partial charge in [-0.2, -0.15) is 0 Å². The van der Waals surface area contributed by atoms with E-state index in [1.807, 2.05) is 24.3 Å². The van der Waals surface area contributed by atoms with E-state index in [2.05, 4.69) is 15.9 Å². The fourth-order valence-corrected chi connectivity index (χ4v) is 4.86. The van der Waals surface area contributed by atoms with Crippen molar-refractivity contribution in [2.45, 2.75) is 24.5 Å². The Morgan fingerprint density at radius 1 is 1.14 bits per heavy atom. The van der Waals surface area contributed by atoms with E-state index in [1.165, 1.54) is 0 Å². The molecule has 0 aromatic heterocycles. The lowest BCUT2D eigenvalue weighted by Crippen LogP contribution is -2.47. The van der Waals surface area contributed by atoms with E-state index in [9.17, 15) is 4.79 Å². The summed E-state index contributed by atoms with van der Waals surface area (Å²) in [5.74, 6) is 0.282. The molecule has 0 saturated carbocycles. The number of nitrogens with two attached hydrogens (primary N) is 1. The molecule has 0 bridgehead atoms. The molecule has 0 fully saturated rings. The van der Waals surface area contributed by atoms with Crippen LogP contribution >= 0.6 is 39.1 Å². The van der Waals surface area contributed by atoms with Gasteiger partial charge in [0.2, 0.25) is 11.8 Å². The van der Waals surface area contributed by atoms with Crippen LogP contribution < -0.4 is 10.5 Å². The third-order valence-corrected chi connectivity index (χ3v) is 7.06. The summed E-state index contributed by atoms with van der Waals surface area (Å²) in [5, 5.41) is 9.75. The Balaban J connectivity index is 1.76. The molecule has 0 saturated heterocycles. The monoisotopic (exact) mass is 576 g/mol. The van der Waals surface area contributed by atoms with Crippen molar-refractivity contribution in [2.24, 2.45) is 10.7 Å². The zero-order valence-electron chi connectivity index (χ0n) is 18.6. The SMILES string of the molecule is NC(=O)[C@]1(Cc2ccccc2Br)N=C(c2ccc(OCCCO)cc2)O[C@@H]1c1ccc(Cl)cc1Cl. The van der Waals surface area contributed by atoms with E-state index >= 15 is 0 Å². The first-order chi connectivity index (χ1) is 16.8. The summed E-state index contributed by atoms with van der Waals surface area (Å²) >= 11 is 16.2. The predicted octanol–water partition coefficient (Wildman–Crippen LogP) is 5.50. The van der Waals surface area contributed by atoms with Crippen LogP contribution in [0, 0.1) is 0 Å². The molecular formula is C26H23BrCl2N2O4. The molecule has 0 radical (unpaired) electrons. The fourth-order valence-electron chi connectivity index (χ4n) is 3.93. The van der Waals surface area contributed by atoms with Gasteiger partial charge in [0.15, 0.2) is 11.6 Å². The summed E-state index contributed by atoms with van der Waals surface area (Å²) in [6, 6.07) is 19.7. The van der Waals surface area contributed by atoms with Crippen LogP contribution in [0.5, 0.6) is 5.75 Å². The number of aliphatic hydroxyl groups is 1. The minimum atomic E-state index is -1.45. The van der Waals surface area contributed by atoms with E-state index < -0.39 is 17.6 Å². The quantitative estimate of drug-likeness (QED) is 0.328. The summed E-state index contributed by atoms with van der Waals surface area (Å²) < 4.78 is 12.7. The summed E-state index contributed by atoms with van der Waals surface area (Å²) in [6.07, 6.45) is -0.136. The van der Waals surface area contributed by atoms with Gasteiger partial charge in [0.05, 0.1) is 6.61 Å². The second kappa shape index (κ2) is 11.0. The lowest BCUT2D eigenvalue weighted by Gasteiger charge is -2.29. The standard InChI is InChI=1S/C26H23BrCl2N2O4/c27-21-5-2-1-4-17(21)15-26(25(30)33)23(20-11-8-18(28)14-22(20)29)35-24(31-26)16-6-9-19(10-7-16)34-13-3-12-32/h1-2,4-11,14,23,32H,3,12-13,15H2,(H2,30,33)/t23-,26-/m1/s1. The van der Waals surface area contributed by atoms with Gasteiger partial charge in [0.25, 0.3) is 0 Å². The second-order valence-electron chi connectivity index (χ2n) is 8.09. The number of aliphatic imine (C=N–C) groups is 1. The highest BCUT2D eigenvalue weighted by Crippen LogP contribution is 2.45. The number of amides is 1. The molecule has 0 unspecified atom stereocenters. The molecule has 9 heteroatoms. The highest BCUT2D eigenvalue weighted by Gasteiger charge is 2.53. The number of primary amides is 1. The smallest absolute Gasteiger partial charge is 0.250 e. The summed E-state index contributed by atoms with van der Waals surface area (Å²) in [7, 11) is 0. The molecule has 35 heavy (non-hydrogen) atoms. The van der Waals surface area contributed by atoms with Crippen molar-refractivity contribution < 1.29 is 19.4 Å². The first kappa shape index (κ1) is 25.5. The van der Waals surface area contributed by atoms with E-state index in [-0.39, 0.29) is 18.9 Å². The van der Waals surface area contributed by atoms with Gasteiger partial charge in [0, 0.05) is 45.1 Å². The van der Waals surface area contributed by atoms with E-state index in [1.54, 1.807) is 42.5 Å². The lowest BCUT2D eigenvalue weighted by atomic mass is 9.82. The Morgan fingerprint density at radius 3 is 2.54 bits per heavy atom. The molecule has 0 spiro atoms. The summed E-state index contributed by atoms with van der Waals surface area (Å²) in [6.45, 7) is 0.464. The Morgan fingerprint density at radius 2 is 1.89 bits per heavy atom. The topological polar surface area (TPSA) is 94.1 Å². The van der Waals surface area contributed by atoms with Crippen molar-refractivity contribution in [3.05, 3.63) is 97.9 Å². The molecule has 1 aliphatic rings.